The summed E-state index contributed by atoms with van der Waals surface area (Å²) >= 11 is 0. The number of esters is 1. The van der Waals surface area contributed by atoms with Crippen LogP contribution in [0.3, 0.4) is 0 Å². The van der Waals surface area contributed by atoms with Gasteiger partial charge in [0.2, 0.25) is 6.29 Å². The van der Waals surface area contributed by atoms with Crippen molar-refractivity contribution in [3.05, 3.63) is 11.6 Å². The van der Waals surface area contributed by atoms with E-state index in [0.29, 0.717) is 28.6 Å². The number of carbonyl (C=O) groups is 1. The molecule has 42 heavy (non-hydrogen) atoms. The van der Waals surface area contributed by atoms with Crippen LogP contribution in [0.15, 0.2) is 11.6 Å². The first-order valence-corrected chi connectivity index (χ1v) is 18.5. The first-order valence-electron chi connectivity index (χ1n) is 18.5. The van der Waals surface area contributed by atoms with Gasteiger partial charge in [-0.05, 0) is 135 Å². The quantitative estimate of drug-likeness (QED) is 0.212. The van der Waals surface area contributed by atoms with Gasteiger partial charge in [0.05, 0.1) is 12.0 Å². The lowest BCUT2D eigenvalue weighted by molar-refractivity contribution is -0.238. The second-order valence-electron chi connectivity index (χ2n) is 17.3. The van der Waals surface area contributed by atoms with E-state index >= 15 is 0 Å². The van der Waals surface area contributed by atoms with E-state index in [1.165, 1.54) is 64.2 Å². The third kappa shape index (κ3) is 5.16. The number of rotatable bonds is 8. The third-order valence-corrected chi connectivity index (χ3v) is 15.3. The van der Waals surface area contributed by atoms with Crippen molar-refractivity contribution < 1.29 is 14.3 Å². The van der Waals surface area contributed by atoms with E-state index in [1.807, 2.05) is 0 Å². The van der Waals surface area contributed by atoms with Crippen LogP contribution in [0, 0.1) is 75.9 Å². The number of hydrogen-bond donors (Lipinski definition) is 0. The van der Waals surface area contributed by atoms with Crippen molar-refractivity contribution in [2.24, 2.45) is 75.9 Å². The molecule has 0 aromatic carbocycles. The molecule has 5 fully saturated rings. The van der Waals surface area contributed by atoms with Gasteiger partial charge in [0, 0.05) is 5.92 Å². The Hall–Kier alpha value is -0.830. The van der Waals surface area contributed by atoms with Crippen molar-refractivity contribution >= 4 is 5.97 Å². The number of fused-ring (bicyclic) bond motifs is 6. The molecule has 0 aromatic heterocycles. The Kier molecular flexibility index (Phi) is 8.78. The first kappa shape index (κ1) is 31.2. The van der Waals surface area contributed by atoms with E-state index in [0.717, 1.165) is 60.7 Å². The highest BCUT2D eigenvalue weighted by atomic mass is 16.7. The zero-order valence-corrected chi connectivity index (χ0v) is 28.5. The average molecular weight is 581 g/mol. The fourth-order valence-electron chi connectivity index (χ4n) is 12.5. The molecule has 0 radical (unpaired) electrons. The Balaban J connectivity index is 1.11. The summed E-state index contributed by atoms with van der Waals surface area (Å²) in [5.41, 5.74) is 2.55. The van der Waals surface area contributed by atoms with Crippen molar-refractivity contribution in [3.8, 4) is 0 Å². The summed E-state index contributed by atoms with van der Waals surface area (Å²) in [5, 5.41) is 0. The lowest BCUT2D eigenvalue weighted by atomic mass is 9.47. The van der Waals surface area contributed by atoms with Crippen LogP contribution >= 0.6 is 0 Å². The van der Waals surface area contributed by atoms with E-state index in [1.54, 1.807) is 5.57 Å². The molecule has 4 saturated carbocycles. The van der Waals surface area contributed by atoms with E-state index in [9.17, 15) is 4.79 Å². The largest absolute Gasteiger partial charge is 0.435 e. The number of hydrogen-bond acceptors (Lipinski definition) is 3. The fraction of sp³-hybridized carbons (Fsp3) is 0.923. The van der Waals surface area contributed by atoms with Crippen LogP contribution in [-0.4, -0.2) is 18.4 Å². The molecule has 14 atom stereocenters. The van der Waals surface area contributed by atoms with E-state index < -0.39 is 0 Å². The summed E-state index contributed by atoms with van der Waals surface area (Å²) in [7, 11) is 0. The molecule has 238 valence electrons. The molecule has 0 aromatic rings. The van der Waals surface area contributed by atoms with Gasteiger partial charge in [-0.2, -0.15) is 0 Å². The second-order valence-corrected chi connectivity index (χ2v) is 17.3. The lowest BCUT2D eigenvalue weighted by Gasteiger charge is -2.58. The Bertz CT molecular complexity index is 1020. The summed E-state index contributed by atoms with van der Waals surface area (Å²) < 4.78 is 12.8. The molecule has 6 aliphatic rings. The van der Waals surface area contributed by atoms with Crippen LogP contribution in [0.4, 0.5) is 0 Å². The summed E-state index contributed by atoms with van der Waals surface area (Å²) in [6.07, 6.45) is 19.6. The Morgan fingerprint density at radius 3 is 2.48 bits per heavy atom. The molecular weight excluding hydrogens is 516 g/mol. The van der Waals surface area contributed by atoms with E-state index in [4.69, 9.17) is 9.47 Å². The minimum atomic E-state index is -0.330. The molecular formula is C39H64O3. The number of carbonyl (C=O) groups excluding carboxylic acids is 1. The molecule has 1 aliphatic heterocycles. The molecule has 14 unspecified atom stereocenters. The number of allylic oxidation sites excluding steroid dienone is 1. The molecule has 0 bridgehead atoms. The molecule has 0 N–H and O–H groups in total. The Morgan fingerprint density at radius 1 is 0.952 bits per heavy atom. The highest BCUT2D eigenvalue weighted by molar-refractivity contribution is 5.73. The second kappa shape index (κ2) is 11.8. The minimum Gasteiger partial charge on any atom is -0.435 e. The third-order valence-electron chi connectivity index (χ3n) is 15.3. The van der Waals surface area contributed by atoms with Gasteiger partial charge in [-0.3, -0.25) is 4.79 Å². The normalized spacial score (nSPS) is 48.0. The summed E-state index contributed by atoms with van der Waals surface area (Å²) in [4.78, 5) is 12.7. The first-order chi connectivity index (χ1) is 20.0. The minimum absolute atomic E-state index is 0.0240. The molecule has 6 rings (SSSR count). The fourth-order valence-corrected chi connectivity index (χ4v) is 12.5. The van der Waals surface area contributed by atoms with Crippen LogP contribution in [0.25, 0.3) is 0 Å². The molecule has 5 aliphatic carbocycles. The summed E-state index contributed by atoms with van der Waals surface area (Å²) in [6, 6.07) is 0. The highest BCUT2D eigenvalue weighted by Gasteiger charge is 2.59. The van der Waals surface area contributed by atoms with Gasteiger partial charge in [0.25, 0.3) is 0 Å². The molecule has 0 spiro atoms. The summed E-state index contributed by atoms with van der Waals surface area (Å²) in [6.45, 7) is 19.6. The average Bonchev–Trinajstić information content (AvgIpc) is 3.52. The van der Waals surface area contributed by atoms with Gasteiger partial charge >= 0.3 is 5.97 Å². The number of cyclic esters (lactones) is 1. The van der Waals surface area contributed by atoms with Gasteiger partial charge in [0.1, 0.15) is 0 Å². The highest BCUT2D eigenvalue weighted by Crippen LogP contribution is 2.67. The van der Waals surface area contributed by atoms with E-state index in [2.05, 4.69) is 61.5 Å². The van der Waals surface area contributed by atoms with Crippen molar-refractivity contribution in [2.45, 2.75) is 151 Å². The maximum atomic E-state index is 12.7. The maximum Gasteiger partial charge on any atom is 0.311 e. The van der Waals surface area contributed by atoms with Gasteiger partial charge in [-0.1, -0.05) is 79.9 Å². The van der Waals surface area contributed by atoms with Crippen LogP contribution in [0.1, 0.15) is 139 Å². The Labute approximate surface area is 258 Å². The summed E-state index contributed by atoms with van der Waals surface area (Å²) in [5.74, 6) is 7.49. The van der Waals surface area contributed by atoms with Crippen molar-refractivity contribution in [1.82, 2.24) is 0 Å². The van der Waals surface area contributed by atoms with Crippen molar-refractivity contribution in [1.29, 1.82) is 0 Å². The predicted molar refractivity (Wildman–Crippen MR) is 172 cm³/mol. The van der Waals surface area contributed by atoms with Gasteiger partial charge in [-0.25, -0.2) is 0 Å². The van der Waals surface area contributed by atoms with Crippen molar-refractivity contribution in [2.75, 3.05) is 0 Å². The van der Waals surface area contributed by atoms with Crippen LogP contribution in [-0.2, 0) is 14.3 Å². The predicted octanol–water partition coefficient (Wildman–Crippen LogP) is 10.2. The van der Waals surface area contributed by atoms with Crippen LogP contribution < -0.4 is 0 Å². The van der Waals surface area contributed by atoms with Gasteiger partial charge in [-0.15, -0.1) is 0 Å². The van der Waals surface area contributed by atoms with Gasteiger partial charge < -0.3 is 9.47 Å². The van der Waals surface area contributed by atoms with Crippen LogP contribution in [0.2, 0.25) is 0 Å². The van der Waals surface area contributed by atoms with Crippen molar-refractivity contribution in [3.63, 3.8) is 0 Å². The SMILES string of the molecule is CCC(CCC(C)C1CCC2C3CC=C4CC(OC5OC(=O)C(C)C6CCC(C)C56)CCC4(C)C3CCC12C)C(C)C. The molecule has 3 heteroatoms. The lowest BCUT2D eigenvalue weighted by Crippen LogP contribution is -2.51. The number of ether oxygens (including phenoxy) is 2. The zero-order chi connectivity index (χ0) is 30.0. The zero-order valence-electron chi connectivity index (χ0n) is 28.5. The molecule has 1 heterocycles. The standard InChI is InChI=1S/C39H64O3/c1-9-27(23(2)3)12-10-24(4)32-16-17-33-31-15-13-28-22-29(18-20-38(28,7)34(31)19-21-39(32,33)8)41-37-35-25(5)11-14-30(35)26(6)36(40)42-37/h13,23-27,29-35,37H,9-12,14-22H2,1-8H3. The monoisotopic (exact) mass is 580 g/mol. The maximum absolute atomic E-state index is 12.7. The Morgan fingerprint density at radius 2 is 1.74 bits per heavy atom. The molecule has 0 amide bonds. The van der Waals surface area contributed by atoms with Crippen LogP contribution in [0.5, 0.6) is 0 Å². The van der Waals surface area contributed by atoms with E-state index in [-0.39, 0.29) is 24.3 Å². The molecule has 3 nitrogen and oxygen atoms in total. The smallest absolute Gasteiger partial charge is 0.311 e. The topological polar surface area (TPSA) is 35.5 Å². The van der Waals surface area contributed by atoms with Gasteiger partial charge in [0.15, 0.2) is 0 Å². The molecule has 1 saturated heterocycles.